The van der Waals surface area contributed by atoms with Gasteiger partial charge in [-0.1, -0.05) is 12.1 Å². The summed E-state index contributed by atoms with van der Waals surface area (Å²) in [5, 5.41) is 17.9. The SMILES string of the molecule is Cc1ncc(C(=O)NC2(C(=O)NCc3ccc(Nc4ccc(F)cc4C#N)cc3)CC2)cn1. The molecule has 1 heterocycles. The van der Waals surface area contributed by atoms with Crippen LogP contribution in [0.15, 0.2) is 54.9 Å². The molecule has 2 aromatic carbocycles. The van der Waals surface area contributed by atoms with Crippen LogP contribution in [0.3, 0.4) is 0 Å². The second-order valence-electron chi connectivity index (χ2n) is 7.86. The predicted molar refractivity (Wildman–Crippen MR) is 119 cm³/mol. The predicted octanol–water partition coefficient (Wildman–Crippen LogP) is 3.12. The van der Waals surface area contributed by atoms with Crippen LogP contribution in [0.25, 0.3) is 0 Å². The Balaban J connectivity index is 1.33. The number of aromatic nitrogens is 2. The summed E-state index contributed by atoms with van der Waals surface area (Å²) in [6.45, 7) is 2.02. The van der Waals surface area contributed by atoms with Gasteiger partial charge in [-0.3, -0.25) is 9.59 Å². The number of halogens is 1. The Morgan fingerprint density at radius 3 is 2.45 bits per heavy atom. The highest BCUT2D eigenvalue weighted by atomic mass is 19.1. The average molecular weight is 444 g/mol. The lowest BCUT2D eigenvalue weighted by Gasteiger charge is -2.17. The van der Waals surface area contributed by atoms with Crippen molar-refractivity contribution >= 4 is 23.2 Å². The summed E-state index contributed by atoms with van der Waals surface area (Å²) in [6.07, 6.45) is 4.01. The van der Waals surface area contributed by atoms with Crippen molar-refractivity contribution in [2.45, 2.75) is 31.8 Å². The van der Waals surface area contributed by atoms with Crippen molar-refractivity contribution in [3.05, 3.63) is 83.2 Å². The minimum Gasteiger partial charge on any atom is -0.354 e. The van der Waals surface area contributed by atoms with Crippen molar-refractivity contribution in [3.8, 4) is 6.07 Å². The molecule has 1 aliphatic rings. The van der Waals surface area contributed by atoms with Crippen molar-refractivity contribution in [2.75, 3.05) is 5.32 Å². The lowest BCUT2D eigenvalue weighted by Crippen LogP contribution is -2.48. The van der Waals surface area contributed by atoms with Crippen LogP contribution in [0.5, 0.6) is 0 Å². The molecule has 2 amide bonds. The second-order valence-corrected chi connectivity index (χ2v) is 7.86. The fraction of sp³-hybridized carbons (Fsp3) is 0.208. The molecule has 3 N–H and O–H groups in total. The Kier molecular flexibility index (Phi) is 6.00. The van der Waals surface area contributed by atoms with Gasteiger partial charge < -0.3 is 16.0 Å². The summed E-state index contributed by atoms with van der Waals surface area (Å²) < 4.78 is 13.3. The summed E-state index contributed by atoms with van der Waals surface area (Å²) in [5.41, 5.74) is 1.70. The molecule has 0 saturated heterocycles. The Hall–Kier alpha value is -4.32. The number of hydrogen-bond acceptors (Lipinski definition) is 6. The van der Waals surface area contributed by atoms with E-state index < -0.39 is 11.4 Å². The fourth-order valence-electron chi connectivity index (χ4n) is 3.26. The molecule has 1 fully saturated rings. The number of rotatable bonds is 7. The number of carbonyl (C=O) groups excluding carboxylic acids is 2. The van der Waals surface area contributed by atoms with Crippen molar-refractivity contribution in [3.63, 3.8) is 0 Å². The minimum atomic E-state index is -0.903. The maximum absolute atomic E-state index is 13.3. The number of anilines is 2. The van der Waals surface area contributed by atoms with E-state index in [9.17, 15) is 14.0 Å². The first-order valence-corrected chi connectivity index (χ1v) is 10.3. The van der Waals surface area contributed by atoms with E-state index in [-0.39, 0.29) is 17.4 Å². The first-order chi connectivity index (χ1) is 15.9. The third kappa shape index (κ3) is 5.13. The molecule has 0 spiro atoms. The Labute approximate surface area is 189 Å². The number of nitrogens with one attached hydrogen (secondary N) is 3. The van der Waals surface area contributed by atoms with Crippen molar-refractivity contribution in [1.29, 1.82) is 5.26 Å². The Morgan fingerprint density at radius 2 is 1.82 bits per heavy atom. The van der Waals surface area contributed by atoms with Crippen LogP contribution < -0.4 is 16.0 Å². The number of hydrogen-bond donors (Lipinski definition) is 3. The average Bonchev–Trinajstić information content (AvgIpc) is 3.60. The molecule has 0 bridgehead atoms. The van der Waals surface area contributed by atoms with E-state index in [1.165, 1.54) is 30.6 Å². The van der Waals surface area contributed by atoms with Gasteiger partial charge in [0.05, 0.1) is 16.8 Å². The van der Waals surface area contributed by atoms with Crippen molar-refractivity contribution in [2.24, 2.45) is 0 Å². The molecular formula is C24H21FN6O2. The van der Waals surface area contributed by atoms with Gasteiger partial charge in [-0.15, -0.1) is 0 Å². The molecule has 3 aromatic rings. The van der Waals surface area contributed by atoms with E-state index in [0.29, 0.717) is 36.5 Å². The zero-order valence-electron chi connectivity index (χ0n) is 17.9. The van der Waals surface area contributed by atoms with Gasteiger partial charge >= 0.3 is 0 Å². The van der Waals surface area contributed by atoms with Crippen LogP contribution in [0.2, 0.25) is 0 Å². The van der Waals surface area contributed by atoms with Crippen LogP contribution in [0.1, 0.15) is 40.2 Å². The summed E-state index contributed by atoms with van der Waals surface area (Å²) in [5.74, 6) is -0.526. The van der Waals surface area contributed by atoms with Crippen molar-refractivity contribution in [1.82, 2.24) is 20.6 Å². The number of nitriles is 1. The van der Waals surface area contributed by atoms with E-state index in [1.54, 1.807) is 19.1 Å². The molecule has 0 aliphatic heterocycles. The quantitative estimate of drug-likeness (QED) is 0.515. The summed E-state index contributed by atoms with van der Waals surface area (Å²) in [4.78, 5) is 33.1. The van der Waals surface area contributed by atoms with E-state index >= 15 is 0 Å². The lowest BCUT2D eigenvalue weighted by atomic mass is 10.1. The van der Waals surface area contributed by atoms with E-state index in [4.69, 9.17) is 5.26 Å². The highest BCUT2D eigenvalue weighted by Gasteiger charge is 2.51. The minimum absolute atomic E-state index is 0.209. The first kappa shape index (κ1) is 21.9. The fourth-order valence-corrected chi connectivity index (χ4v) is 3.26. The van der Waals surface area contributed by atoms with E-state index in [2.05, 4.69) is 25.9 Å². The van der Waals surface area contributed by atoms with Crippen LogP contribution in [-0.2, 0) is 11.3 Å². The van der Waals surface area contributed by atoms with Crippen molar-refractivity contribution < 1.29 is 14.0 Å². The highest BCUT2D eigenvalue weighted by Crippen LogP contribution is 2.36. The standard InChI is InChI=1S/C24H21FN6O2/c1-15-27-13-18(14-28-15)22(32)31-24(8-9-24)23(33)29-12-16-2-5-20(6-3-16)30-21-7-4-19(25)10-17(21)11-26/h2-7,10,13-14,30H,8-9,12H2,1H3,(H,29,33)(H,31,32). The molecule has 0 radical (unpaired) electrons. The molecule has 33 heavy (non-hydrogen) atoms. The van der Waals surface area contributed by atoms with Gasteiger partial charge in [0, 0.05) is 24.6 Å². The molecule has 0 atom stereocenters. The van der Waals surface area contributed by atoms with Crippen LogP contribution in [0.4, 0.5) is 15.8 Å². The summed E-state index contributed by atoms with van der Waals surface area (Å²) in [6, 6.07) is 13.2. The van der Waals surface area contributed by atoms with Gasteiger partial charge in [-0.05, 0) is 55.7 Å². The summed E-state index contributed by atoms with van der Waals surface area (Å²) in [7, 11) is 0. The monoisotopic (exact) mass is 444 g/mol. The molecule has 9 heteroatoms. The topological polar surface area (TPSA) is 120 Å². The number of aryl methyl sites for hydroxylation is 1. The number of carbonyl (C=O) groups is 2. The van der Waals surface area contributed by atoms with Gasteiger partial charge in [-0.25, -0.2) is 14.4 Å². The number of amides is 2. The normalized spacial score (nSPS) is 13.5. The molecule has 8 nitrogen and oxygen atoms in total. The van der Waals surface area contributed by atoms with Crippen LogP contribution in [-0.4, -0.2) is 27.3 Å². The highest BCUT2D eigenvalue weighted by molar-refractivity contribution is 6.00. The number of nitrogens with zero attached hydrogens (tertiary/aromatic N) is 3. The smallest absolute Gasteiger partial charge is 0.255 e. The van der Waals surface area contributed by atoms with E-state index in [1.807, 2.05) is 18.2 Å². The Morgan fingerprint density at radius 1 is 1.12 bits per heavy atom. The number of benzene rings is 2. The van der Waals surface area contributed by atoms with Crippen LogP contribution in [0, 0.1) is 24.1 Å². The first-order valence-electron chi connectivity index (χ1n) is 10.3. The third-order valence-corrected chi connectivity index (χ3v) is 5.37. The van der Waals surface area contributed by atoms with Gasteiger partial charge in [0.15, 0.2) is 0 Å². The molecule has 1 aliphatic carbocycles. The van der Waals surface area contributed by atoms with Gasteiger partial charge in [0.1, 0.15) is 23.2 Å². The maximum atomic E-state index is 13.3. The molecule has 166 valence electrons. The van der Waals surface area contributed by atoms with Gasteiger partial charge in [-0.2, -0.15) is 5.26 Å². The molecule has 1 aromatic heterocycles. The molecular weight excluding hydrogens is 423 g/mol. The Bertz CT molecular complexity index is 1230. The molecule has 1 saturated carbocycles. The van der Waals surface area contributed by atoms with Crippen LogP contribution >= 0.6 is 0 Å². The molecule has 4 rings (SSSR count). The van der Waals surface area contributed by atoms with Gasteiger partial charge in [0.2, 0.25) is 5.91 Å². The summed E-state index contributed by atoms with van der Waals surface area (Å²) >= 11 is 0. The third-order valence-electron chi connectivity index (χ3n) is 5.37. The zero-order valence-corrected chi connectivity index (χ0v) is 17.9. The zero-order chi connectivity index (χ0) is 23.4. The second kappa shape index (κ2) is 9.04. The maximum Gasteiger partial charge on any atom is 0.255 e. The van der Waals surface area contributed by atoms with Gasteiger partial charge in [0.25, 0.3) is 5.91 Å². The molecule has 0 unspecified atom stereocenters. The van der Waals surface area contributed by atoms with E-state index in [0.717, 1.165) is 11.3 Å². The largest absolute Gasteiger partial charge is 0.354 e. The lowest BCUT2D eigenvalue weighted by molar-refractivity contribution is -0.124.